The van der Waals surface area contributed by atoms with Crippen molar-refractivity contribution >= 4 is 22.6 Å². The molecule has 0 saturated heterocycles. The molecule has 0 aliphatic heterocycles. The number of rotatable bonds is 4. The lowest BCUT2D eigenvalue weighted by molar-refractivity contribution is 0.0690. The highest BCUT2D eigenvalue weighted by atomic mass is 16.5. The van der Waals surface area contributed by atoms with Gasteiger partial charge in [-0.15, -0.1) is 10.2 Å². The zero-order valence-corrected chi connectivity index (χ0v) is 11.2. The maximum atomic E-state index is 11.3. The number of nitrogens with one attached hydrogen (secondary N) is 1. The average Bonchev–Trinajstić information content (AvgIpc) is 2.90. The molecule has 0 spiro atoms. The maximum Gasteiger partial charge on any atom is 0.358 e. The van der Waals surface area contributed by atoms with Crippen molar-refractivity contribution in [3.8, 4) is 0 Å². The molecule has 1 aromatic carbocycles. The second kappa shape index (κ2) is 5.20. The number of fused-ring (bicyclic) bond motifs is 1. The quantitative estimate of drug-likeness (QED) is 0.757. The van der Waals surface area contributed by atoms with Crippen LogP contribution in [0.3, 0.4) is 0 Å². The number of nitrogens with zero attached hydrogens (tertiary/aromatic N) is 3. The summed E-state index contributed by atoms with van der Waals surface area (Å²) in [5.74, 6) is -0.435. The monoisotopic (exact) mass is 284 g/mol. The summed E-state index contributed by atoms with van der Waals surface area (Å²) in [7, 11) is 0. The van der Waals surface area contributed by atoms with Gasteiger partial charge in [-0.3, -0.25) is 0 Å². The Morgan fingerprint density at radius 3 is 2.86 bits per heavy atom. The topological polar surface area (TPSA) is 101 Å². The third kappa shape index (κ3) is 2.53. The van der Waals surface area contributed by atoms with Gasteiger partial charge in [0, 0.05) is 11.5 Å². The normalized spacial score (nSPS) is 10.7. The van der Waals surface area contributed by atoms with Gasteiger partial charge >= 0.3 is 5.97 Å². The number of aromatic nitrogens is 3. The molecule has 0 fully saturated rings. The molecule has 2 N–H and O–H groups in total. The van der Waals surface area contributed by atoms with Gasteiger partial charge in [0.2, 0.25) is 0 Å². The Morgan fingerprint density at radius 1 is 1.33 bits per heavy atom. The van der Waals surface area contributed by atoms with Gasteiger partial charge in [-0.05, 0) is 13.0 Å². The van der Waals surface area contributed by atoms with Crippen LogP contribution >= 0.6 is 0 Å². The van der Waals surface area contributed by atoms with Crippen LogP contribution in [0.5, 0.6) is 0 Å². The minimum atomic E-state index is -1.13. The molecule has 0 unspecified atom stereocenters. The first-order valence-electron chi connectivity index (χ1n) is 6.30. The number of hydrogen-bond donors (Lipinski definition) is 2. The van der Waals surface area contributed by atoms with E-state index in [0.717, 1.165) is 0 Å². The van der Waals surface area contributed by atoms with Gasteiger partial charge in [-0.1, -0.05) is 23.4 Å². The van der Waals surface area contributed by atoms with Crippen molar-refractivity contribution in [2.45, 2.75) is 13.5 Å². The van der Waals surface area contributed by atoms with Crippen LogP contribution in [0.25, 0.3) is 10.9 Å². The van der Waals surface area contributed by atoms with Crippen molar-refractivity contribution < 1.29 is 14.4 Å². The fourth-order valence-corrected chi connectivity index (χ4v) is 2.06. The van der Waals surface area contributed by atoms with Crippen molar-refractivity contribution in [3.05, 3.63) is 47.5 Å². The van der Waals surface area contributed by atoms with Gasteiger partial charge in [-0.25, -0.2) is 4.79 Å². The van der Waals surface area contributed by atoms with Crippen molar-refractivity contribution in [1.29, 1.82) is 0 Å². The van der Waals surface area contributed by atoms with Crippen LogP contribution in [-0.2, 0) is 6.54 Å². The molecular weight excluding hydrogens is 272 g/mol. The summed E-state index contributed by atoms with van der Waals surface area (Å²) in [6, 6.07) is 9.00. The summed E-state index contributed by atoms with van der Waals surface area (Å²) in [6.45, 7) is 2.13. The molecule has 0 aliphatic rings. The SMILES string of the molecule is Cc1cc(CNc2c(C(=O)O)nnc3ccccc23)no1. The number of benzene rings is 1. The molecule has 3 rings (SSSR count). The molecule has 7 heteroatoms. The van der Waals surface area contributed by atoms with Crippen LogP contribution in [0, 0.1) is 6.92 Å². The van der Waals surface area contributed by atoms with Crippen LogP contribution in [0.2, 0.25) is 0 Å². The summed E-state index contributed by atoms with van der Waals surface area (Å²) in [6.07, 6.45) is 0. The summed E-state index contributed by atoms with van der Waals surface area (Å²) >= 11 is 0. The zero-order chi connectivity index (χ0) is 14.8. The number of anilines is 1. The van der Waals surface area contributed by atoms with Crippen LogP contribution in [-0.4, -0.2) is 26.4 Å². The van der Waals surface area contributed by atoms with Crippen molar-refractivity contribution in [2.75, 3.05) is 5.32 Å². The minimum Gasteiger partial charge on any atom is -0.476 e. The Hall–Kier alpha value is -2.96. The summed E-state index contributed by atoms with van der Waals surface area (Å²) < 4.78 is 4.98. The molecule has 2 aromatic heterocycles. The zero-order valence-electron chi connectivity index (χ0n) is 11.2. The highest BCUT2D eigenvalue weighted by Crippen LogP contribution is 2.24. The van der Waals surface area contributed by atoms with Crippen molar-refractivity contribution in [3.63, 3.8) is 0 Å². The molecular formula is C14H12N4O3. The molecule has 2 heterocycles. The van der Waals surface area contributed by atoms with E-state index in [1.165, 1.54) is 0 Å². The third-order valence-electron chi connectivity index (χ3n) is 2.99. The largest absolute Gasteiger partial charge is 0.476 e. The van der Waals surface area contributed by atoms with Gasteiger partial charge in [-0.2, -0.15) is 0 Å². The van der Waals surface area contributed by atoms with Crippen molar-refractivity contribution in [1.82, 2.24) is 15.4 Å². The molecule has 0 atom stereocenters. The molecule has 0 bridgehead atoms. The fraction of sp³-hybridized carbons (Fsp3) is 0.143. The second-order valence-corrected chi connectivity index (χ2v) is 4.53. The van der Waals surface area contributed by atoms with Gasteiger partial charge in [0.05, 0.1) is 17.7 Å². The summed E-state index contributed by atoms with van der Waals surface area (Å²) in [5.41, 5.74) is 1.62. The van der Waals surface area contributed by atoms with Crippen LogP contribution < -0.4 is 5.32 Å². The Balaban J connectivity index is 2.01. The predicted molar refractivity (Wildman–Crippen MR) is 75.1 cm³/mol. The smallest absolute Gasteiger partial charge is 0.358 e. The lowest BCUT2D eigenvalue weighted by Gasteiger charge is -2.10. The Labute approximate surface area is 119 Å². The highest BCUT2D eigenvalue weighted by Gasteiger charge is 2.16. The number of carboxylic acids is 1. The number of hydrogen-bond acceptors (Lipinski definition) is 6. The first-order chi connectivity index (χ1) is 10.1. The fourth-order valence-electron chi connectivity index (χ4n) is 2.06. The Bertz CT molecular complexity index is 813. The molecule has 3 aromatic rings. The number of aromatic carboxylic acids is 1. The molecule has 106 valence electrons. The van der Waals surface area contributed by atoms with E-state index < -0.39 is 5.97 Å². The van der Waals surface area contributed by atoms with E-state index in [1.54, 1.807) is 25.1 Å². The number of carboxylic acid groups (broad SMARTS) is 1. The van der Waals surface area contributed by atoms with E-state index in [9.17, 15) is 9.90 Å². The number of carbonyl (C=O) groups is 1. The lowest BCUT2D eigenvalue weighted by atomic mass is 10.1. The second-order valence-electron chi connectivity index (χ2n) is 4.53. The van der Waals surface area contributed by atoms with Gasteiger partial charge in [0.25, 0.3) is 0 Å². The molecule has 0 aliphatic carbocycles. The molecule has 0 amide bonds. The minimum absolute atomic E-state index is 0.117. The van der Waals surface area contributed by atoms with Crippen LogP contribution in [0.4, 0.5) is 5.69 Å². The van der Waals surface area contributed by atoms with E-state index >= 15 is 0 Å². The Kier molecular flexibility index (Phi) is 3.23. The van der Waals surface area contributed by atoms with Gasteiger partial charge in [0.15, 0.2) is 5.69 Å². The van der Waals surface area contributed by atoms with Gasteiger partial charge < -0.3 is 14.9 Å². The summed E-state index contributed by atoms with van der Waals surface area (Å²) in [4.78, 5) is 11.3. The third-order valence-corrected chi connectivity index (χ3v) is 2.99. The summed E-state index contributed by atoms with van der Waals surface area (Å²) in [5, 5.41) is 24.6. The molecule has 7 nitrogen and oxygen atoms in total. The highest BCUT2D eigenvalue weighted by molar-refractivity contribution is 6.02. The average molecular weight is 284 g/mol. The molecule has 21 heavy (non-hydrogen) atoms. The predicted octanol–water partition coefficient (Wildman–Crippen LogP) is 2.24. The maximum absolute atomic E-state index is 11.3. The molecule has 0 saturated carbocycles. The molecule has 0 radical (unpaired) electrons. The van der Waals surface area contributed by atoms with E-state index in [1.807, 2.05) is 12.1 Å². The van der Waals surface area contributed by atoms with Crippen LogP contribution in [0.1, 0.15) is 21.9 Å². The van der Waals surface area contributed by atoms with Crippen molar-refractivity contribution in [2.24, 2.45) is 0 Å². The first kappa shape index (κ1) is 13.0. The Morgan fingerprint density at radius 2 is 2.14 bits per heavy atom. The number of aryl methyl sites for hydroxylation is 1. The van der Waals surface area contributed by atoms with Crippen LogP contribution in [0.15, 0.2) is 34.9 Å². The van der Waals surface area contributed by atoms with E-state index in [2.05, 4.69) is 20.7 Å². The van der Waals surface area contributed by atoms with Gasteiger partial charge in [0.1, 0.15) is 11.5 Å². The first-order valence-corrected chi connectivity index (χ1v) is 6.30. The standard InChI is InChI=1S/C14H12N4O3/c1-8-6-9(18-21-8)7-15-12-10-4-2-3-5-11(10)16-17-13(12)14(19)20/h2-6H,7H2,1H3,(H,15,16)(H,19,20). The van der Waals surface area contributed by atoms with E-state index in [-0.39, 0.29) is 5.69 Å². The lowest BCUT2D eigenvalue weighted by Crippen LogP contribution is -2.10. The van der Waals surface area contributed by atoms with E-state index in [4.69, 9.17) is 4.52 Å². The van der Waals surface area contributed by atoms with E-state index in [0.29, 0.717) is 34.6 Å².